The average molecular weight is 563 g/mol. The van der Waals surface area contributed by atoms with E-state index in [0.29, 0.717) is 25.4 Å². The fourth-order valence-electron chi connectivity index (χ4n) is 5.46. The predicted molar refractivity (Wildman–Crippen MR) is 167 cm³/mol. The fourth-order valence-corrected chi connectivity index (χ4v) is 5.46. The van der Waals surface area contributed by atoms with Gasteiger partial charge in [0.15, 0.2) is 6.10 Å². The van der Waals surface area contributed by atoms with Crippen molar-refractivity contribution in [1.82, 2.24) is 0 Å². The number of benzene rings is 4. The Morgan fingerprint density at radius 3 is 2.26 bits per heavy atom. The lowest BCUT2D eigenvalue weighted by Gasteiger charge is -2.22. The maximum atomic E-state index is 11.3. The van der Waals surface area contributed by atoms with E-state index in [1.807, 2.05) is 30.3 Å². The number of aliphatic carboxylic acids is 1. The molecule has 0 aliphatic heterocycles. The van der Waals surface area contributed by atoms with Crippen molar-refractivity contribution in [2.75, 3.05) is 20.3 Å². The summed E-state index contributed by atoms with van der Waals surface area (Å²) in [5.41, 5.74) is 9.45. The van der Waals surface area contributed by atoms with Gasteiger partial charge in [0.25, 0.3) is 0 Å². The number of carboxylic acids is 1. The summed E-state index contributed by atoms with van der Waals surface area (Å²) in [6.07, 6.45) is 6.65. The van der Waals surface area contributed by atoms with Crippen LogP contribution in [0.15, 0.2) is 91.0 Å². The minimum atomic E-state index is -0.971. The second-order valence-electron chi connectivity index (χ2n) is 10.7. The zero-order chi connectivity index (χ0) is 29.3. The van der Waals surface area contributed by atoms with Gasteiger partial charge in [0.05, 0.1) is 6.61 Å². The van der Waals surface area contributed by atoms with Crippen LogP contribution in [0.3, 0.4) is 0 Å². The van der Waals surface area contributed by atoms with Gasteiger partial charge in [0.1, 0.15) is 18.5 Å². The maximum Gasteiger partial charge on any atom is 0.333 e. The molecule has 0 fully saturated rings. The molecule has 216 valence electrons. The summed E-state index contributed by atoms with van der Waals surface area (Å²) in [6.45, 7) is 3.01. The van der Waals surface area contributed by atoms with Gasteiger partial charge in [-0.05, 0) is 69.5 Å². The fraction of sp³-hybridized carbons (Fsp3) is 0.270. The molecular weight excluding hydrogens is 524 g/mol. The van der Waals surface area contributed by atoms with E-state index in [1.165, 1.54) is 40.5 Å². The van der Waals surface area contributed by atoms with E-state index >= 15 is 0 Å². The van der Waals surface area contributed by atoms with E-state index in [1.54, 1.807) is 0 Å². The van der Waals surface area contributed by atoms with Gasteiger partial charge in [0.2, 0.25) is 0 Å². The van der Waals surface area contributed by atoms with Crippen molar-refractivity contribution in [3.05, 3.63) is 136 Å². The highest BCUT2D eigenvalue weighted by Crippen LogP contribution is 2.37. The van der Waals surface area contributed by atoms with Gasteiger partial charge < -0.3 is 19.3 Å². The van der Waals surface area contributed by atoms with Crippen LogP contribution in [-0.4, -0.2) is 37.5 Å². The molecule has 0 aromatic heterocycles. The molecule has 0 saturated carbocycles. The van der Waals surface area contributed by atoms with Crippen LogP contribution in [0.4, 0.5) is 0 Å². The van der Waals surface area contributed by atoms with Crippen LogP contribution in [0, 0.1) is 0 Å². The van der Waals surface area contributed by atoms with Crippen LogP contribution in [0.5, 0.6) is 5.75 Å². The van der Waals surface area contributed by atoms with Gasteiger partial charge >= 0.3 is 5.97 Å². The molecule has 5 rings (SSSR count). The van der Waals surface area contributed by atoms with E-state index in [0.717, 1.165) is 30.4 Å². The maximum absolute atomic E-state index is 11.3. The predicted octanol–water partition coefficient (Wildman–Crippen LogP) is 7.54. The first-order valence-electron chi connectivity index (χ1n) is 14.6. The Hall–Kier alpha value is -4.19. The number of ether oxygens (including phenoxy) is 3. The monoisotopic (exact) mass is 562 g/mol. The number of carboxylic acid groups (broad SMARTS) is 1. The number of fused-ring (bicyclic) bond motifs is 2. The Kier molecular flexibility index (Phi) is 9.86. The highest BCUT2D eigenvalue weighted by atomic mass is 16.5. The summed E-state index contributed by atoms with van der Waals surface area (Å²) in [4.78, 5) is 11.3. The topological polar surface area (TPSA) is 65.0 Å². The van der Waals surface area contributed by atoms with Crippen LogP contribution in [0.2, 0.25) is 0 Å². The van der Waals surface area contributed by atoms with E-state index < -0.39 is 12.1 Å². The SMILES string of the molecule is CCCc1ccc2c(c1)C(OCCOc1ccc(CC(OC)C(=O)O)cc1)c1ccc(Cc3ccccc3)cc1C=C2. The largest absolute Gasteiger partial charge is 0.491 e. The molecule has 4 aromatic rings. The summed E-state index contributed by atoms with van der Waals surface area (Å²) >= 11 is 0. The van der Waals surface area contributed by atoms with Gasteiger partial charge in [-0.3, -0.25) is 0 Å². The molecule has 0 heterocycles. The molecule has 1 N–H and O–H groups in total. The highest BCUT2D eigenvalue weighted by molar-refractivity contribution is 5.77. The second-order valence-corrected chi connectivity index (χ2v) is 10.7. The number of hydrogen-bond donors (Lipinski definition) is 1. The first-order chi connectivity index (χ1) is 20.5. The molecule has 1 aliphatic carbocycles. The molecule has 42 heavy (non-hydrogen) atoms. The van der Waals surface area contributed by atoms with Gasteiger partial charge in [-0.2, -0.15) is 0 Å². The van der Waals surface area contributed by atoms with Gasteiger partial charge in [0, 0.05) is 13.5 Å². The minimum Gasteiger partial charge on any atom is -0.491 e. The summed E-state index contributed by atoms with van der Waals surface area (Å²) < 4.78 is 17.6. The van der Waals surface area contributed by atoms with Crippen LogP contribution in [0.25, 0.3) is 12.2 Å². The smallest absolute Gasteiger partial charge is 0.333 e. The summed E-state index contributed by atoms with van der Waals surface area (Å²) in [5.74, 6) is -0.258. The van der Waals surface area contributed by atoms with E-state index in [-0.39, 0.29) is 6.10 Å². The summed E-state index contributed by atoms with van der Waals surface area (Å²) in [6, 6.07) is 31.4. The molecule has 0 spiro atoms. The lowest BCUT2D eigenvalue weighted by molar-refractivity contribution is -0.148. The van der Waals surface area contributed by atoms with E-state index in [9.17, 15) is 9.90 Å². The quantitative estimate of drug-likeness (QED) is 0.171. The molecular formula is C37H38O5. The molecule has 5 nitrogen and oxygen atoms in total. The standard InChI is InChI=1S/C37H38O5/c1-3-7-26-10-14-30-15-16-31-23-29(22-27-8-5-4-6-9-27)13-19-33(31)36(34(30)24-26)42-21-20-41-32-17-11-28(12-18-32)25-35(40-2)37(38)39/h4-6,8-19,23-24,35-36H,3,7,20-22,25H2,1-2H3,(H,38,39). The molecule has 5 heteroatoms. The zero-order valence-electron chi connectivity index (χ0n) is 24.3. The van der Waals surface area contributed by atoms with Gasteiger partial charge in [-0.15, -0.1) is 0 Å². The molecule has 0 amide bonds. The third-order valence-corrected chi connectivity index (χ3v) is 7.64. The van der Waals surface area contributed by atoms with Crippen LogP contribution < -0.4 is 4.74 Å². The van der Waals surface area contributed by atoms with Crippen molar-refractivity contribution in [2.45, 2.75) is 44.8 Å². The molecule has 0 saturated heterocycles. The molecule has 4 aromatic carbocycles. The van der Waals surface area contributed by atoms with Crippen LogP contribution in [-0.2, 0) is 33.5 Å². The Bertz CT molecular complexity index is 1510. The Morgan fingerprint density at radius 1 is 0.786 bits per heavy atom. The number of hydrogen-bond acceptors (Lipinski definition) is 4. The van der Waals surface area contributed by atoms with Crippen molar-refractivity contribution in [3.63, 3.8) is 0 Å². The molecule has 2 atom stereocenters. The highest BCUT2D eigenvalue weighted by Gasteiger charge is 2.23. The average Bonchev–Trinajstić information content (AvgIpc) is 3.15. The molecule has 2 unspecified atom stereocenters. The third kappa shape index (κ3) is 7.35. The van der Waals surface area contributed by atoms with Crippen molar-refractivity contribution in [1.29, 1.82) is 0 Å². The van der Waals surface area contributed by atoms with Crippen LogP contribution >= 0.6 is 0 Å². The first kappa shape index (κ1) is 29.3. The second kappa shape index (κ2) is 14.1. The minimum absolute atomic E-state index is 0.208. The Balaban J connectivity index is 1.30. The van der Waals surface area contributed by atoms with Crippen LogP contribution in [0.1, 0.15) is 64.0 Å². The number of methoxy groups -OCH3 is 1. The van der Waals surface area contributed by atoms with Gasteiger partial charge in [-0.1, -0.05) is 104 Å². The summed E-state index contributed by atoms with van der Waals surface area (Å²) in [7, 11) is 1.41. The van der Waals surface area contributed by atoms with Gasteiger partial charge in [-0.25, -0.2) is 4.79 Å². The van der Waals surface area contributed by atoms with Crippen molar-refractivity contribution < 1.29 is 24.1 Å². The molecule has 0 bridgehead atoms. The van der Waals surface area contributed by atoms with Crippen molar-refractivity contribution in [3.8, 4) is 5.75 Å². The van der Waals surface area contributed by atoms with E-state index in [2.05, 4.69) is 79.7 Å². The lowest BCUT2D eigenvalue weighted by atomic mass is 9.92. The third-order valence-electron chi connectivity index (χ3n) is 7.64. The lowest BCUT2D eigenvalue weighted by Crippen LogP contribution is -2.24. The molecule has 1 aliphatic rings. The van der Waals surface area contributed by atoms with Crippen molar-refractivity contribution in [2.24, 2.45) is 0 Å². The summed E-state index contributed by atoms with van der Waals surface area (Å²) in [5, 5.41) is 9.23. The number of aryl methyl sites for hydroxylation is 1. The molecule has 0 radical (unpaired) electrons. The Morgan fingerprint density at radius 2 is 1.52 bits per heavy atom. The zero-order valence-corrected chi connectivity index (χ0v) is 24.3. The first-order valence-corrected chi connectivity index (χ1v) is 14.6. The number of rotatable bonds is 13. The normalized spacial score (nSPS) is 14.5. The number of carbonyl (C=O) groups is 1. The Labute approximate surface area is 248 Å². The van der Waals surface area contributed by atoms with E-state index in [4.69, 9.17) is 14.2 Å². The van der Waals surface area contributed by atoms with Crippen molar-refractivity contribution >= 4 is 18.1 Å².